The summed E-state index contributed by atoms with van der Waals surface area (Å²) in [5.74, 6) is -0.0901. The van der Waals surface area contributed by atoms with E-state index in [0.29, 0.717) is 29.3 Å². The van der Waals surface area contributed by atoms with Crippen LogP contribution in [-0.4, -0.2) is 39.4 Å². The molecule has 0 radical (unpaired) electrons. The topological polar surface area (TPSA) is 91.0 Å². The Bertz CT molecular complexity index is 933. The second kappa shape index (κ2) is 7.85. The summed E-state index contributed by atoms with van der Waals surface area (Å²) in [7, 11) is 0. The van der Waals surface area contributed by atoms with Crippen molar-refractivity contribution in [3.05, 3.63) is 47.0 Å². The van der Waals surface area contributed by atoms with Gasteiger partial charge >= 0.3 is 0 Å². The summed E-state index contributed by atoms with van der Waals surface area (Å²) in [6, 6.07) is 8.75. The number of benzene rings is 1. The van der Waals surface area contributed by atoms with Gasteiger partial charge in [-0.15, -0.1) is 0 Å². The van der Waals surface area contributed by atoms with Crippen LogP contribution in [0.5, 0.6) is 0 Å². The quantitative estimate of drug-likeness (QED) is 0.890. The standard InChI is InChI=1S/C21H23N5O2/c22-14-15-7-9-16(10-8-15)23-20(27)19-24-18(17-6-2-5-13-26(17)19)21(28)25-11-3-1-4-12-25/h7-10H,1-6,11-13H2,(H,23,27). The fraction of sp³-hybridized carbons (Fsp3) is 0.429. The van der Waals surface area contributed by atoms with E-state index in [1.165, 1.54) is 0 Å². The molecule has 2 amide bonds. The molecule has 2 aliphatic heterocycles. The molecular formula is C21H23N5O2. The van der Waals surface area contributed by atoms with Gasteiger partial charge in [0.05, 0.1) is 17.3 Å². The smallest absolute Gasteiger partial charge is 0.291 e. The van der Waals surface area contributed by atoms with Crippen molar-refractivity contribution in [2.24, 2.45) is 0 Å². The fourth-order valence-electron chi connectivity index (χ4n) is 3.95. The maximum Gasteiger partial charge on any atom is 0.291 e. The van der Waals surface area contributed by atoms with E-state index in [-0.39, 0.29) is 11.8 Å². The number of nitrogens with one attached hydrogen (secondary N) is 1. The van der Waals surface area contributed by atoms with Crippen LogP contribution in [0.1, 0.15) is 64.5 Å². The summed E-state index contributed by atoms with van der Waals surface area (Å²) >= 11 is 0. The molecule has 7 heteroatoms. The van der Waals surface area contributed by atoms with Crippen molar-refractivity contribution in [2.45, 2.75) is 45.1 Å². The minimum Gasteiger partial charge on any atom is -0.337 e. The number of nitrogens with zero attached hydrogens (tertiary/aromatic N) is 4. The molecule has 0 aliphatic carbocycles. The average Bonchev–Trinajstić information content (AvgIpc) is 3.14. The van der Waals surface area contributed by atoms with Gasteiger partial charge in [-0.2, -0.15) is 5.26 Å². The molecule has 7 nitrogen and oxygen atoms in total. The van der Waals surface area contributed by atoms with Crippen LogP contribution in [0.3, 0.4) is 0 Å². The number of likely N-dealkylation sites (tertiary alicyclic amines) is 1. The summed E-state index contributed by atoms with van der Waals surface area (Å²) in [6.45, 7) is 2.22. The first-order valence-corrected chi connectivity index (χ1v) is 9.87. The van der Waals surface area contributed by atoms with E-state index in [1.807, 2.05) is 9.47 Å². The highest BCUT2D eigenvalue weighted by Gasteiger charge is 2.30. The molecule has 0 unspecified atom stereocenters. The van der Waals surface area contributed by atoms with Crippen LogP contribution in [0.25, 0.3) is 0 Å². The molecule has 2 aliphatic rings. The van der Waals surface area contributed by atoms with Gasteiger partial charge < -0.3 is 14.8 Å². The van der Waals surface area contributed by atoms with Gasteiger partial charge in [0.15, 0.2) is 5.82 Å². The predicted molar refractivity (Wildman–Crippen MR) is 104 cm³/mol. The highest BCUT2D eigenvalue weighted by molar-refractivity contribution is 6.03. The van der Waals surface area contributed by atoms with E-state index >= 15 is 0 Å². The highest BCUT2D eigenvalue weighted by atomic mass is 16.2. The second-order valence-corrected chi connectivity index (χ2v) is 7.34. The summed E-state index contributed by atoms with van der Waals surface area (Å²) in [4.78, 5) is 32.3. The van der Waals surface area contributed by atoms with E-state index < -0.39 is 0 Å². The van der Waals surface area contributed by atoms with Crippen molar-refractivity contribution in [1.29, 1.82) is 5.26 Å². The van der Waals surface area contributed by atoms with E-state index in [0.717, 1.165) is 57.3 Å². The van der Waals surface area contributed by atoms with Crippen molar-refractivity contribution < 1.29 is 9.59 Å². The number of aromatic nitrogens is 2. The van der Waals surface area contributed by atoms with Gasteiger partial charge in [-0.3, -0.25) is 9.59 Å². The van der Waals surface area contributed by atoms with Crippen LogP contribution in [0.4, 0.5) is 5.69 Å². The molecule has 1 aromatic heterocycles. The maximum absolute atomic E-state index is 13.0. The number of nitriles is 1. The molecule has 3 heterocycles. The van der Waals surface area contributed by atoms with Crippen molar-refractivity contribution >= 4 is 17.5 Å². The normalized spacial score (nSPS) is 16.2. The van der Waals surface area contributed by atoms with Gasteiger partial charge in [0.25, 0.3) is 11.8 Å². The first kappa shape index (κ1) is 18.2. The van der Waals surface area contributed by atoms with E-state index in [9.17, 15) is 9.59 Å². The van der Waals surface area contributed by atoms with Gasteiger partial charge in [0.2, 0.25) is 0 Å². The lowest BCUT2D eigenvalue weighted by molar-refractivity contribution is 0.0717. The monoisotopic (exact) mass is 377 g/mol. The lowest BCUT2D eigenvalue weighted by Gasteiger charge is -2.26. The Morgan fingerprint density at radius 1 is 1.00 bits per heavy atom. The average molecular weight is 377 g/mol. The minimum absolute atomic E-state index is 0.0530. The minimum atomic E-state index is -0.328. The molecular weight excluding hydrogens is 354 g/mol. The lowest BCUT2D eigenvalue weighted by Crippen LogP contribution is -2.36. The Kier molecular flexibility index (Phi) is 5.11. The number of anilines is 1. The van der Waals surface area contributed by atoms with Crippen LogP contribution >= 0.6 is 0 Å². The number of carbonyl (C=O) groups is 2. The van der Waals surface area contributed by atoms with Gasteiger partial charge in [0.1, 0.15) is 5.69 Å². The molecule has 144 valence electrons. The molecule has 1 aromatic carbocycles. The summed E-state index contributed by atoms with van der Waals surface area (Å²) < 4.78 is 1.90. The molecule has 0 saturated carbocycles. The van der Waals surface area contributed by atoms with Crippen LogP contribution in [-0.2, 0) is 13.0 Å². The SMILES string of the molecule is N#Cc1ccc(NC(=O)c2nc(C(=O)N3CCCCC3)c3n2CCCC3)cc1. The number of hydrogen-bond acceptors (Lipinski definition) is 4. The Hall–Kier alpha value is -3.14. The number of piperidine rings is 1. The predicted octanol–water partition coefficient (Wildman–Crippen LogP) is 2.97. The first-order valence-electron chi connectivity index (χ1n) is 9.87. The fourth-order valence-corrected chi connectivity index (χ4v) is 3.95. The molecule has 2 aromatic rings. The Balaban J connectivity index is 1.61. The number of fused-ring (bicyclic) bond motifs is 1. The summed E-state index contributed by atoms with van der Waals surface area (Å²) in [5, 5.41) is 11.7. The lowest BCUT2D eigenvalue weighted by atomic mass is 10.1. The zero-order valence-corrected chi connectivity index (χ0v) is 15.8. The van der Waals surface area contributed by atoms with Crippen LogP contribution in [0.15, 0.2) is 24.3 Å². The summed E-state index contributed by atoms with van der Waals surface area (Å²) in [6.07, 6.45) is 5.94. The Morgan fingerprint density at radius 2 is 1.71 bits per heavy atom. The highest BCUT2D eigenvalue weighted by Crippen LogP contribution is 2.24. The summed E-state index contributed by atoms with van der Waals surface area (Å²) in [5.41, 5.74) is 2.45. The van der Waals surface area contributed by atoms with E-state index in [1.54, 1.807) is 24.3 Å². The van der Waals surface area contributed by atoms with Crippen molar-refractivity contribution in [1.82, 2.24) is 14.5 Å². The molecule has 1 saturated heterocycles. The third kappa shape index (κ3) is 3.50. The Labute approximate surface area is 164 Å². The van der Waals surface area contributed by atoms with Gasteiger partial charge in [-0.05, 0) is 62.8 Å². The van der Waals surface area contributed by atoms with Crippen molar-refractivity contribution in [2.75, 3.05) is 18.4 Å². The van der Waals surface area contributed by atoms with Crippen LogP contribution < -0.4 is 5.32 Å². The second-order valence-electron chi connectivity index (χ2n) is 7.34. The van der Waals surface area contributed by atoms with Gasteiger partial charge in [-0.1, -0.05) is 0 Å². The molecule has 28 heavy (non-hydrogen) atoms. The molecule has 0 bridgehead atoms. The molecule has 1 fully saturated rings. The number of rotatable bonds is 3. The van der Waals surface area contributed by atoms with E-state index in [4.69, 9.17) is 5.26 Å². The van der Waals surface area contributed by atoms with Crippen molar-refractivity contribution in [3.63, 3.8) is 0 Å². The number of carbonyl (C=O) groups excluding carboxylic acids is 2. The zero-order valence-electron chi connectivity index (χ0n) is 15.8. The zero-order chi connectivity index (χ0) is 19.5. The largest absolute Gasteiger partial charge is 0.337 e. The number of amides is 2. The molecule has 0 spiro atoms. The molecule has 0 atom stereocenters. The van der Waals surface area contributed by atoms with Crippen molar-refractivity contribution in [3.8, 4) is 6.07 Å². The number of hydrogen-bond donors (Lipinski definition) is 1. The molecule has 4 rings (SSSR count). The van der Waals surface area contributed by atoms with E-state index in [2.05, 4.69) is 16.4 Å². The van der Waals surface area contributed by atoms with Crippen LogP contribution in [0.2, 0.25) is 0 Å². The first-order chi connectivity index (χ1) is 13.7. The third-order valence-electron chi connectivity index (χ3n) is 5.44. The maximum atomic E-state index is 13.0. The van der Waals surface area contributed by atoms with Crippen LogP contribution in [0, 0.1) is 11.3 Å². The third-order valence-corrected chi connectivity index (χ3v) is 5.44. The molecule has 1 N–H and O–H groups in total. The van der Waals surface area contributed by atoms with Gasteiger partial charge in [-0.25, -0.2) is 4.98 Å². The van der Waals surface area contributed by atoms with Gasteiger partial charge in [0, 0.05) is 25.3 Å². The Morgan fingerprint density at radius 3 is 2.43 bits per heavy atom. The number of imidazole rings is 1.